The van der Waals surface area contributed by atoms with E-state index in [-0.39, 0.29) is 11.3 Å². The van der Waals surface area contributed by atoms with Crippen molar-refractivity contribution in [2.45, 2.75) is 6.04 Å². The molecule has 7 heteroatoms. The van der Waals surface area contributed by atoms with Gasteiger partial charge in [-0.3, -0.25) is 4.79 Å². The van der Waals surface area contributed by atoms with Crippen LogP contribution in [0.25, 0.3) is 0 Å². The number of carboxylic acid groups (broad SMARTS) is 1. The summed E-state index contributed by atoms with van der Waals surface area (Å²) in [6.07, 6.45) is 0. The van der Waals surface area contributed by atoms with Gasteiger partial charge in [0.05, 0.1) is 19.3 Å². The Morgan fingerprint density at radius 1 is 1.50 bits per heavy atom. The molecule has 5 N–H and O–H groups in total. The van der Waals surface area contributed by atoms with Gasteiger partial charge < -0.3 is 26.0 Å². The maximum absolute atomic E-state index is 11.7. The Morgan fingerprint density at radius 3 is 2.61 bits per heavy atom. The molecule has 0 aromatic heterocycles. The van der Waals surface area contributed by atoms with Crippen molar-refractivity contribution in [3.05, 3.63) is 23.8 Å². The molecule has 0 spiro atoms. The molecule has 18 heavy (non-hydrogen) atoms. The number of nitrogen functional groups attached to an aromatic ring is 1. The molecule has 0 bridgehead atoms. The number of benzene rings is 1. The summed E-state index contributed by atoms with van der Waals surface area (Å²) in [5.41, 5.74) is 5.92. The van der Waals surface area contributed by atoms with E-state index in [0.29, 0.717) is 5.75 Å². The monoisotopic (exact) mass is 254 g/mol. The quantitative estimate of drug-likeness (QED) is 0.523. The number of methoxy groups -OCH3 is 1. The number of anilines is 1. The summed E-state index contributed by atoms with van der Waals surface area (Å²) in [6, 6.07) is 3.03. The first-order valence-electron chi connectivity index (χ1n) is 5.07. The smallest absolute Gasteiger partial charge is 0.328 e. The fourth-order valence-electron chi connectivity index (χ4n) is 1.30. The first kappa shape index (κ1) is 13.8. The van der Waals surface area contributed by atoms with E-state index >= 15 is 0 Å². The number of aliphatic carboxylic acids is 1. The van der Waals surface area contributed by atoms with Crippen molar-refractivity contribution in [3.8, 4) is 5.75 Å². The Balaban J connectivity index is 2.87. The molecule has 0 fully saturated rings. The van der Waals surface area contributed by atoms with Crippen molar-refractivity contribution >= 4 is 17.6 Å². The molecule has 1 amide bonds. The maximum Gasteiger partial charge on any atom is 0.328 e. The van der Waals surface area contributed by atoms with Gasteiger partial charge in [-0.15, -0.1) is 0 Å². The van der Waals surface area contributed by atoms with Crippen LogP contribution in [0, 0.1) is 0 Å². The molecule has 0 aliphatic carbocycles. The van der Waals surface area contributed by atoms with E-state index in [2.05, 4.69) is 5.32 Å². The number of hydrogen-bond acceptors (Lipinski definition) is 5. The number of aliphatic hydroxyl groups is 1. The Hall–Kier alpha value is -2.28. The lowest BCUT2D eigenvalue weighted by Gasteiger charge is -2.13. The predicted octanol–water partition coefficient (Wildman–Crippen LogP) is -0.547. The van der Waals surface area contributed by atoms with Crippen LogP contribution in [0.4, 0.5) is 5.69 Å². The average Bonchev–Trinajstić information content (AvgIpc) is 2.34. The lowest BCUT2D eigenvalue weighted by Crippen LogP contribution is -2.43. The molecule has 1 rings (SSSR count). The second kappa shape index (κ2) is 5.87. The third kappa shape index (κ3) is 3.11. The van der Waals surface area contributed by atoms with Gasteiger partial charge in [-0.2, -0.15) is 0 Å². The van der Waals surface area contributed by atoms with E-state index in [1.165, 1.54) is 25.3 Å². The Kier molecular flexibility index (Phi) is 4.50. The minimum absolute atomic E-state index is 0.121. The zero-order valence-corrected chi connectivity index (χ0v) is 9.71. The molecular formula is C11H14N2O5. The number of nitrogens with two attached hydrogens (primary N) is 1. The first-order valence-corrected chi connectivity index (χ1v) is 5.07. The highest BCUT2D eigenvalue weighted by Gasteiger charge is 2.20. The molecule has 1 atom stereocenters. The van der Waals surface area contributed by atoms with Crippen LogP contribution < -0.4 is 15.8 Å². The van der Waals surface area contributed by atoms with Crippen LogP contribution in [0.5, 0.6) is 5.75 Å². The number of carboxylic acids is 1. The van der Waals surface area contributed by atoms with Crippen molar-refractivity contribution in [2.75, 3.05) is 19.5 Å². The number of aliphatic hydroxyl groups excluding tert-OH is 1. The number of rotatable bonds is 5. The first-order chi connectivity index (χ1) is 8.49. The number of ether oxygens (including phenoxy) is 1. The summed E-state index contributed by atoms with van der Waals surface area (Å²) in [5.74, 6) is -1.50. The van der Waals surface area contributed by atoms with Crippen molar-refractivity contribution in [1.29, 1.82) is 0 Å². The molecule has 7 nitrogen and oxygen atoms in total. The van der Waals surface area contributed by atoms with Crippen molar-refractivity contribution in [3.63, 3.8) is 0 Å². The highest BCUT2D eigenvalue weighted by atomic mass is 16.5. The predicted molar refractivity (Wildman–Crippen MR) is 63.4 cm³/mol. The number of amides is 1. The van der Waals surface area contributed by atoms with E-state index < -0.39 is 24.5 Å². The van der Waals surface area contributed by atoms with Crippen LogP contribution in [-0.4, -0.2) is 41.8 Å². The Bertz CT molecular complexity index is 461. The van der Waals surface area contributed by atoms with E-state index in [1.54, 1.807) is 0 Å². The van der Waals surface area contributed by atoms with Crippen LogP contribution in [0.1, 0.15) is 10.4 Å². The van der Waals surface area contributed by atoms with Gasteiger partial charge in [0.15, 0.2) is 6.04 Å². The summed E-state index contributed by atoms with van der Waals surface area (Å²) in [5, 5.41) is 19.6. The molecule has 1 aromatic rings. The highest BCUT2D eigenvalue weighted by Crippen LogP contribution is 2.19. The van der Waals surface area contributed by atoms with Gasteiger partial charge in [0.2, 0.25) is 0 Å². The number of carbonyl (C=O) groups excluding carboxylic acids is 1. The van der Waals surface area contributed by atoms with Crippen LogP contribution in [0.3, 0.4) is 0 Å². The van der Waals surface area contributed by atoms with Crippen LogP contribution in [0.2, 0.25) is 0 Å². The summed E-state index contributed by atoms with van der Waals surface area (Å²) >= 11 is 0. The second-order valence-electron chi connectivity index (χ2n) is 3.50. The largest absolute Gasteiger partial charge is 0.497 e. The van der Waals surface area contributed by atoms with Crippen LogP contribution in [-0.2, 0) is 4.79 Å². The standard InChI is InChI=1S/C11H14N2O5/c1-18-6-2-3-7(8(12)4-6)10(15)13-9(5-14)11(16)17/h2-4,9,14H,5,12H2,1H3,(H,13,15)(H,16,17). The van der Waals surface area contributed by atoms with E-state index in [4.69, 9.17) is 20.7 Å². The van der Waals surface area contributed by atoms with Gasteiger partial charge in [-0.1, -0.05) is 0 Å². The second-order valence-corrected chi connectivity index (χ2v) is 3.50. The summed E-state index contributed by atoms with van der Waals surface area (Å²) < 4.78 is 4.92. The molecule has 1 unspecified atom stereocenters. The zero-order valence-electron chi connectivity index (χ0n) is 9.71. The number of carbonyl (C=O) groups is 2. The van der Waals surface area contributed by atoms with Crippen LogP contribution >= 0.6 is 0 Å². The fourth-order valence-corrected chi connectivity index (χ4v) is 1.30. The molecule has 0 saturated heterocycles. The van der Waals surface area contributed by atoms with Gasteiger partial charge in [0.25, 0.3) is 5.91 Å². The topological polar surface area (TPSA) is 122 Å². The number of nitrogens with one attached hydrogen (secondary N) is 1. The third-order valence-corrected chi connectivity index (χ3v) is 2.29. The van der Waals surface area contributed by atoms with E-state index in [1.807, 2.05) is 0 Å². The molecule has 1 aromatic carbocycles. The van der Waals surface area contributed by atoms with Crippen molar-refractivity contribution in [2.24, 2.45) is 0 Å². The SMILES string of the molecule is COc1ccc(C(=O)NC(CO)C(=O)O)c(N)c1. The lowest BCUT2D eigenvalue weighted by molar-refractivity contribution is -0.140. The fraction of sp³-hybridized carbons (Fsp3) is 0.273. The van der Waals surface area contributed by atoms with Crippen molar-refractivity contribution in [1.82, 2.24) is 5.32 Å². The highest BCUT2D eigenvalue weighted by molar-refractivity contribution is 6.01. The molecule has 0 aliphatic rings. The normalized spacial score (nSPS) is 11.7. The molecule has 0 heterocycles. The van der Waals surface area contributed by atoms with Gasteiger partial charge in [0, 0.05) is 11.8 Å². The Labute approximate surface area is 103 Å². The molecule has 0 saturated carbocycles. The van der Waals surface area contributed by atoms with Crippen molar-refractivity contribution < 1.29 is 24.5 Å². The third-order valence-electron chi connectivity index (χ3n) is 2.29. The summed E-state index contributed by atoms with van der Waals surface area (Å²) in [6.45, 7) is -0.697. The van der Waals surface area contributed by atoms with Gasteiger partial charge in [-0.05, 0) is 12.1 Å². The Morgan fingerprint density at radius 2 is 2.17 bits per heavy atom. The maximum atomic E-state index is 11.7. The average molecular weight is 254 g/mol. The van der Waals surface area contributed by atoms with Crippen LogP contribution in [0.15, 0.2) is 18.2 Å². The van der Waals surface area contributed by atoms with Gasteiger partial charge in [0.1, 0.15) is 5.75 Å². The molecule has 98 valence electrons. The molecular weight excluding hydrogens is 240 g/mol. The van der Waals surface area contributed by atoms with Gasteiger partial charge >= 0.3 is 5.97 Å². The molecule has 0 aliphatic heterocycles. The minimum atomic E-state index is -1.36. The zero-order chi connectivity index (χ0) is 13.7. The summed E-state index contributed by atoms with van der Waals surface area (Å²) in [7, 11) is 1.46. The van der Waals surface area contributed by atoms with E-state index in [0.717, 1.165) is 0 Å². The lowest BCUT2D eigenvalue weighted by atomic mass is 10.1. The number of hydrogen-bond donors (Lipinski definition) is 4. The molecule has 0 radical (unpaired) electrons. The van der Waals surface area contributed by atoms with Gasteiger partial charge in [-0.25, -0.2) is 4.79 Å². The summed E-state index contributed by atoms with van der Waals surface area (Å²) in [4.78, 5) is 22.4. The van der Waals surface area contributed by atoms with E-state index in [9.17, 15) is 9.59 Å². The minimum Gasteiger partial charge on any atom is -0.497 e.